The number of ether oxygens (including phenoxy) is 2. The van der Waals surface area contributed by atoms with Gasteiger partial charge in [-0.1, -0.05) is 29.8 Å². The summed E-state index contributed by atoms with van der Waals surface area (Å²) in [6.07, 6.45) is 0.209. The highest BCUT2D eigenvalue weighted by Gasteiger charge is 2.21. The molecule has 0 fully saturated rings. The van der Waals surface area contributed by atoms with Crippen molar-refractivity contribution in [2.75, 3.05) is 6.61 Å². The number of carbonyl (C=O) groups excluding carboxylic acids is 1. The molecule has 1 aromatic rings. The van der Waals surface area contributed by atoms with E-state index in [1.165, 1.54) is 6.07 Å². The molecule has 0 spiro atoms. The fraction of sp³-hybridized carbons (Fsp3) is 0.588. The molecule has 130 valence electrons. The van der Waals surface area contributed by atoms with Gasteiger partial charge < -0.3 is 14.8 Å². The topological polar surface area (TPSA) is 47.6 Å². The van der Waals surface area contributed by atoms with Crippen molar-refractivity contribution in [2.24, 2.45) is 5.92 Å². The van der Waals surface area contributed by atoms with Crippen molar-refractivity contribution in [2.45, 2.75) is 52.7 Å². The second-order valence-electron chi connectivity index (χ2n) is 6.86. The number of hydrogen-bond acceptors (Lipinski definition) is 3. The van der Waals surface area contributed by atoms with Crippen LogP contribution in [0.2, 0.25) is 0 Å². The minimum Gasteiger partial charge on any atom is -0.488 e. The molecule has 0 unspecified atom stereocenters. The van der Waals surface area contributed by atoms with E-state index >= 15 is 0 Å². The number of rotatable bonds is 6. The lowest BCUT2D eigenvalue weighted by molar-refractivity contribution is 0.0479. The maximum atomic E-state index is 13.8. The molecule has 1 aromatic carbocycles. The molecule has 1 amide bonds. The first-order chi connectivity index (χ1) is 10.6. The van der Waals surface area contributed by atoms with Crippen LogP contribution in [-0.4, -0.2) is 24.3 Å². The van der Waals surface area contributed by atoms with Crippen molar-refractivity contribution < 1.29 is 18.7 Å². The second kappa shape index (κ2) is 8.52. The first kappa shape index (κ1) is 19.7. The quantitative estimate of drug-likeness (QED) is 0.751. The van der Waals surface area contributed by atoms with Gasteiger partial charge in [0.1, 0.15) is 12.2 Å². The van der Waals surface area contributed by atoms with Gasteiger partial charge in [0.05, 0.1) is 6.04 Å². The van der Waals surface area contributed by atoms with Crippen LogP contribution in [0.4, 0.5) is 9.18 Å². The smallest absolute Gasteiger partial charge is 0.407 e. The molecule has 0 aliphatic carbocycles. The van der Waals surface area contributed by atoms with Crippen LogP contribution in [0.25, 0.3) is 0 Å². The van der Waals surface area contributed by atoms with Gasteiger partial charge in [0, 0.05) is 4.47 Å². The summed E-state index contributed by atoms with van der Waals surface area (Å²) >= 11 is 3.20. The monoisotopic (exact) mass is 389 g/mol. The Hall–Kier alpha value is -1.30. The fourth-order valence-electron chi connectivity index (χ4n) is 1.99. The number of halogens is 2. The predicted octanol–water partition coefficient (Wildman–Crippen LogP) is 4.91. The van der Waals surface area contributed by atoms with Crippen molar-refractivity contribution in [1.29, 1.82) is 0 Å². The average Bonchev–Trinajstić information content (AvgIpc) is 2.34. The molecule has 1 N–H and O–H groups in total. The van der Waals surface area contributed by atoms with E-state index in [1.54, 1.807) is 32.9 Å². The Labute approximate surface area is 145 Å². The van der Waals surface area contributed by atoms with Gasteiger partial charge in [-0.05, 0) is 51.3 Å². The van der Waals surface area contributed by atoms with Gasteiger partial charge in [-0.2, -0.15) is 0 Å². The zero-order valence-electron chi connectivity index (χ0n) is 14.3. The minimum absolute atomic E-state index is 0.160. The zero-order chi connectivity index (χ0) is 17.6. The lowest BCUT2D eigenvalue weighted by Crippen LogP contribution is -2.42. The van der Waals surface area contributed by atoms with Gasteiger partial charge in [-0.3, -0.25) is 0 Å². The van der Waals surface area contributed by atoms with Gasteiger partial charge >= 0.3 is 6.09 Å². The Bertz CT molecular complexity index is 529. The third-order valence-electron chi connectivity index (χ3n) is 2.81. The van der Waals surface area contributed by atoms with E-state index in [0.717, 1.165) is 0 Å². The zero-order valence-corrected chi connectivity index (χ0v) is 15.9. The van der Waals surface area contributed by atoms with Crippen LogP contribution in [0.1, 0.15) is 41.0 Å². The number of hydrogen-bond donors (Lipinski definition) is 1. The first-order valence-corrected chi connectivity index (χ1v) is 8.43. The number of carbonyl (C=O) groups is 1. The number of alkyl carbamates (subject to hydrolysis) is 1. The lowest BCUT2D eigenvalue weighted by Gasteiger charge is -2.24. The summed E-state index contributed by atoms with van der Waals surface area (Å²) in [5.74, 6) is 0.0705. The van der Waals surface area contributed by atoms with Crippen LogP contribution in [0.15, 0.2) is 22.7 Å². The maximum Gasteiger partial charge on any atom is 0.407 e. The Morgan fingerprint density at radius 2 is 2.00 bits per heavy atom. The van der Waals surface area contributed by atoms with Crippen molar-refractivity contribution in [1.82, 2.24) is 5.32 Å². The van der Waals surface area contributed by atoms with E-state index in [-0.39, 0.29) is 18.4 Å². The lowest BCUT2D eigenvalue weighted by atomic mass is 10.0. The molecular weight excluding hydrogens is 365 g/mol. The predicted molar refractivity (Wildman–Crippen MR) is 92.2 cm³/mol. The molecule has 1 rings (SSSR count). The molecule has 23 heavy (non-hydrogen) atoms. The Kier molecular flexibility index (Phi) is 7.32. The summed E-state index contributed by atoms with van der Waals surface area (Å²) in [6, 6.07) is 4.35. The van der Waals surface area contributed by atoms with Crippen molar-refractivity contribution in [3.8, 4) is 5.75 Å². The highest BCUT2D eigenvalue weighted by atomic mass is 79.9. The van der Waals surface area contributed by atoms with Crippen LogP contribution >= 0.6 is 15.9 Å². The molecular formula is C17H25BrFNO3. The van der Waals surface area contributed by atoms with Gasteiger partial charge in [0.15, 0.2) is 11.6 Å². The van der Waals surface area contributed by atoms with E-state index in [1.807, 2.05) is 13.8 Å². The molecule has 0 saturated heterocycles. The highest BCUT2D eigenvalue weighted by Crippen LogP contribution is 2.22. The van der Waals surface area contributed by atoms with Gasteiger partial charge in [-0.25, -0.2) is 9.18 Å². The van der Waals surface area contributed by atoms with Crippen LogP contribution in [0, 0.1) is 11.7 Å². The third-order valence-corrected chi connectivity index (χ3v) is 3.30. The average molecular weight is 390 g/mol. The molecule has 0 aromatic heterocycles. The molecule has 0 aliphatic rings. The van der Waals surface area contributed by atoms with E-state index in [0.29, 0.717) is 16.8 Å². The SMILES string of the molecule is CC(C)C[C@@H](COc1ccc(Br)cc1F)NC(=O)OC(C)(C)C. The Morgan fingerprint density at radius 1 is 1.35 bits per heavy atom. The molecule has 0 aliphatic heterocycles. The summed E-state index contributed by atoms with van der Waals surface area (Å²) in [5.41, 5.74) is -0.564. The third kappa shape index (κ3) is 8.21. The first-order valence-electron chi connectivity index (χ1n) is 7.64. The normalized spacial score (nSPS) is 12.9. The van der Waals surface area contributed by atoms with Crippen LogP contribution < -0.4 is 10.1 Å². The van der Waals surface area contributed by atoms with Gasteiger partial charge in [0.25, 0.3) is 0 Å². The highest BCUT2D eigenvalue weighted by molar-refractivity contribution is 9.10. The van der Waals surface area contributed by atoms with Crippen LogP contribution in [0.5, 0.6) is 5.75 Å². The fourth-order valence-corrected chi connectivity index (χ4v) is 2.33. The molecule has 0 heterocycles. The van der Waals surface area contributed by atoms with E-state index in [2.05, 4.69) is 21.2 Å². The summed E-state index contributed by atoms with van der Waals surface area (Å²) in [5, 5.41) is 2.79. The van der Waals surface area contributed by atoms with Gasteiger partial charge in [0.2, 0.25) is 0 Å². The molecule has 1 atom stereocenters. The van der Waals surface area contributed by atoms with E-state index in [9.17, 15) is 9.18 Å². The second-order valence-corrected chi connectivity index (χ2v) is 7.77. The molecule has 4 nitrogen and oxygen atoms in total. The minimum atomic E-state index is -0.564. The summed E-state index contributed by atoms with van der Waals surface area (Å²) in [7, 11) is 0. The number of nitrogens with one attached hydrogen (secondary N) is 1. The Morgan fingerprint density at radius 3 is 2.52 bits per heavy atom. The number of amides is 1. The van der Waals surface area contributed by atoms with E-state index < -0.39 is 17.5 Å². The van der Waals surface area contributed by atoms with E-state index in [4.69, 9.17) is 9.47 Å². The van der Waals surface area contributed by atoms with Crippen LogP contribution in [0.3, 0.4) is 0 Å². The molecule has 0 saturated carbocycles. The number of benzene rings is 1. The summed E-state index contributed by atoms with van der Waals surface area (Å²) in [4.78, 5) is 11.9. The van der Waals surface area contributed by atoms with Crippen molar-refractivity contribution in [3.05, 3.63) is 28.5 Å². The maximum absolute atomic E-state index is 13.8. The summed E-state index contributed by atoms with van der Waals surface area (Å²) in [6.45, 7) is 9.68. The largest absolute Gasteiger partial charge is 0.488 e. The van der Waals surface area contributed by atoms with Crippen molar-refractivity contribution >= 4 is 22.0 Å². The standard InChI is InChI=1S/C17H25BrFNO3/c1-11(2)8-13(20-16(21)23-17(3,4)5)10-22-15-7-6-12(18)9-14(15)19/h6-7,9,11,13H,8,10H2,1-5H3,(H,20,21)/t13-/m0/s1. The van der Waals surface area contributed by atoms with Crippen LogP contribution in [-0.2, 0) is 4.74 Å². The Balaban J connectivity index is 2.65. The summed E-state index contributed by atoms with van der Waals surface area (Å²) < 4.78 is 25.2. The molecule has 6 heteroatoms. The molecule has 0 radical (unpaired) electrons. The van der Waals surface area contributed by atoms with Crippen molar-refractivity contribution in [3.63, 3.8) is 0 Å². The van der Waals surface area contributed by atoms with Gasteiger partial charge in [-0.15, -0.1) is 0 Å². The molecule has 0 bridgehead atoms.